The van der Waals surface area contributed by atoms with Crippen molar-refractivity contribution < 1.29 is 9.53 Å². The first kappa shape index (κ1) is 14.4. The molecule has 0 saturated carbocycles. The predicted molar refractivity (Wildman–Crippen MR) is 70.4 cm³/mol. The Labute approximate surface area is 114 Å². The van der Waals surface area contributed by atoms with Crippen LogP contribution < -0.4 is 5.32 Å². The van der Waals surface area contributed by atoms with Crippen molar-refractivity contribution in [3.8, 4) is 0 Å². The van der Waals surface area contributed by atoms with Crippen molar-refractivity contribution in [3.63, 3.8) is 0 Å². The molecule has 0 spiro atoms. The van der Waals surface area contributed by atoms with E-state index in [2.05, 4.69) is 26.2 Å². The summed E-state index contributed by atoms with van der Waals surface area (Å²) in [5.41, 5.74) is 0.397. The number of aromatic nitrogens is 1. The van der Waals surface area contributed by atoms with Crippen LogP contribution >= 0.6 is 27.5 Å². The number of rotatable bonds is 7. The van der Waals surface area contributed by atoms with Crippen LogP contribution in [0.1, 0.15) is 16.9 Å². The van der Waals surface area contributed by atoms with E-state index in [9.17, 15) is 4.79 Å². The van der Waals surface area contributed by atoms with Gasteiger partial charge in [0, 0.05) is 29.7 Å². The van der Waals surface area contributed by atoms with Crippen LogP contribution in [-0.4, -0.2) is 36.5 Å². The van der Waals surface area contributed by atoms with Gasteiger partial charge in [-0.15, -0.1) is 11.6 Å². The maximum atomic E-state index is 11.7. The fourth-order valence-corrected chi connectivity index (χ4v) is 1.71. The summed E-state index contributed by atoms with van der Waals surface area (Å²) in [6.45, 7) is 1.70. The molecule has 1 amide bonds. The molecule has 94 valence electrons. The molecule has 1 heterocycles. The monoisotopic (exact) mass is 320 g/mol. The van der Waals surface area contributed by atoms with E-state index in [0.29, 0.717) is 35.8 Å². The van der Waals surface area contributed by atoms with Crippen LogP contribution in [0.3, 0.4) is 0 Å². The van der Waals surface area contributed by atoms with Gasteiger partial charge in [0.15, 0.2) is 0 Å². The summed E-state index contributed by atoms with van der Waals surface area (Å²) in [7, 11) is 0. The van der Waals surface area contributed by atoms with Crippen molar-refractivity contribution in [1.82, 2.24) is 10.3 Å². The van der Waals surface area contributed by atoms with Crippen LogP contribution in [0.4, 0.5) is 0 Å². The number of amides is 1. The highest BCUT2D eigenvalue weighted by Gasteiger charge is 2.09. The lowest BCUT2D eigenvalue weighted by molar-refractivity contribution is 0.0938. The molecule has 0 aliphatic rings. The lowest BCUT2D eigenvalue weighted by Crippen LogP contribution is -2.26. The van der Waals surface area contributed by atoms with Crippen LogP contribution in [0.15, 0.2) is 22.8 Å². The Morgan fingerprint density at radius 3 is 3.06 bits per heavy atom. The highest BCUT2D eigenvalue weighted by molar-refractivity contribution is 9.10. The molecule has 1 N–H and O–H groups in total. The van der Waals surface area contributed by atoms with E-state index in [4.69, 9.17) is 16.3 Å². The topological polar surface area (TPSA) is 51.2 Å². The number of pyridine rings is 1. The molecule has 1 aromatic rings. The summed E-state index contributed by atoms with van der Waals surface area (Å²) in [5.74, 6) is 0.308. The summed E-state index contributed by atoms with van der Waals surface area (Å²) in [6.07, 6.45) is 2.34. The number of ether oxygens (including phenoxy) is 1. The van der Waals surface area contributed by atoms with Crippen LogP contribution in [-0.2, 0) is 4.74 Å². The first-order chi connectivity index (χ1) is 8.25. The third-order valence-corrected chi connectivity index (χ3v) is 2.74. The average Bonchev–Trinajstić information content (AvgIpc) is 2.34. The van der Waals surface area contributed by atoms with Crippen molar-refractivity contribution in [2.75, 3.05) is 25.6 Å². The van der Waals surface area contributed by atoms with E-state index in [1.54, 1.807) is 18.3 Å². The Bertz CT molecular complexity index is 363. The molecular weight excluding hydrogens is 307 g/mol. The van der Waals surface area contributed by atoms with Gasteiger partial charge < -0.3 is 10.1 Å². The molecular formula is C11H14BrClN2O2. The molecule has 0 radical (unpaired) electrons. The molecule has 4 nitrogen and oxygen atoms in total. The number of carbonyl (C=O) groups is 1. The summed E-state index contributed by atoms with van der Waals surface area (Å²) >= 11 is 8.73. The first-order valence-electron chi connectivity index (χ1n) is 5.28. The maximum absolute atomic E-state index is 11.7. The molecule has 0 atom stereocenters. The Morgan fingerprint density at radius 1 is 1.53 bits per heavy atom. The zero-order valence-corrected chi connectivity index (χ0v) is 11.6. The highest BCUT2D eigenvalue weighted by atomic mass is 79.9. The molecule has 0 aliphatic carbocycles. The van der Waals surface area contributed by atoms with Crippen LogP contribution in [0.25, 0.3) is 0 Å². The van der Waals surface area contributed by atoms with Gasteiger partial charge in [-0.05, 0) is 34.5 Å². The average molecular weight is 322 g/mol. The second-order valence-electron chi connectivity index (χ2n) is 3.24. The van der Waals surface area contributed by atoms with Gasteiger partial charge in [-0.1, -0.05) is 0 Å². The van der Waals surface area contributed by atoms with Crippen LogP contribution in [0.5, 0.6) is 0 Å². The Morgan fingerprint density at radius 2 is 2.35 bits per heavy atom. The van der Waals surface area contributed by atoms with Gasteiger partial charge in [0.05, 0.1) is 6.61 Å². The molecule has 0 saturated heterocycles. The van der Waals surface area contributed by atoms with Crippen molar-refractivity contribution in [2.24, 2.45) is 0 Å². The number of hydrogen-bond acceptors (Lipinski definition) is 3. The van der Waals surface area contributed by atoms with Gasteiger partial charge in [0.1, 0.15) is 5.69 Å². The largest absolute Gasteiger partial charge is 0.380 e. The summed E-state index contributed by atoms with van der Waals surface area (Å²) in [6, 6.07) is 3.55. The summed E-state index contributed by atoms with van der Waals surface area (Å²) in [5, 5.41) is 2.77. The minimum atomic E-state index is -0.185. The third-order valence-electron chi connectivity index (χ3n) is 1.95. The minimum Gasteiger partial charge on any atom is -0.380 e. The highest BCUT2D eigenvalue weighted by Crippen LogP contribution is 2.12. The summed E-state index contributed by atoms with van der Waals surface area (Å²) < 4.78 is 5.88. The van der Waals surface area contributed by atoms with Gasteiger partial charge in [-0.25, -0.2) is 4.98 Å². The molecule has 0 aliphatic heterocycles. The third kappa shape index (κ3) is 5.48. The Balaban J connectivity index is 2.24. The molecule has 1 rings (SSSR count). The van der Waals surface area contributed by atoms with Gasteiger partial charge in [0.25, 0.3) is 5.91 Å². The Hall–Kier alpha value is -0.650. The van der Waals surface area contributed by atoms with Gasteiger partial charge in [-0.2, -0.15) is 0 Å². The standard InChI is InChI=1S/C11H14BrClN2O2/c12-9-3-1-5-14-10(9)11(16)15-6-2-7-17-8-4-13/h1,3,5H,2,4,6-8H2,(H,15,16). The normalized spacial score (nSPS) is 10.2. The summed E-state index contributed by atoms with van der Waals surface area (Å²) in [4.78, 5) is 15.7. The van der Waals surface area contributed by atoms with E-state index in [0.717, 1.165) is 6.42 Å². The smallest absolute Gasteiger partial charge is 0.271 e. The SMILES string of the molecule is O=C(NCCCOCCCl)c1ncccc1Br. The van der Waals surface area contributed by atoms with E-state index in [1.807, 2.05) is 0 Å². The molecule has 0 bridgehead atoms. The molecule has 6 heteroatoms. The number of nitrogens with one attached hydrogen (secondary N) is 1. The fraction of sp³-hybridized carbons (Fsp3) is 0.455. The lowest BCUT2D eigenvalue weighted by atomic mass is 10.3. The molecule has 17 heavy (non-hydrogen) atoms. The number of nitrogens with zero attached hydrogens (tertiary/aromatic N) is 1. The number of halogens is 2. The molecule has 0 aromatic carbocycles. The zero-order chi connectivity index (χ0) is 12.5. The second-order valence-corrected chi connectivity index (χ2v) is 4.48. The number of hydrogen-bond donors (Lipinski definition) is 1. The van der Waals surface area contributed by atoms with Crippen molar-refractivity contribution >= 4 is 33.4 Å². The first-order valence-corrected chi connectivity index (χ1v) is 6.61. The van der Waals surface area contributed by atoms with E-state index >= 15 is 0 Å². The lowest BCUT2D eigenvalue weighted by Gasteiger charge is -2.06. The molecule has 1 aromatic heterocycles. The van der Waals surface area contributed by atoms with E-state index in [1.165, 1.54) is 0 Å². The maximum Gasteiger partial charge on any atom is 0.271 e. The molecule has 0 fully saturated rings. The Kier molecular flexibility index (Phi) is 7.16. The fourth-order valence-electron chi connectivity index (χ4n) is 1.17. The van der Waals surface area contributed by atoms with Gasteiger partial charge in [-0.3, -0.25) is 4.79 Å². The van der Waals surface area contributed by atoms with Crippen molar-refractivity contribution in [2.45, 2.75) is 6.42 Å². The second kappa shape index (κ2) is 8.44. The number of carbonyl (C=O) groups excluding carboxylic acids is 1. The minimum absolute atomic E-state index is 0.185. The van der Waals surface area contributed by atoms with Gasteiger partial charge >= 0.3 is 0 Å². The number of alkyl halides is 1. The van der Waals surface area contributed by atoms with E-state index < -0.39 is 0 Å². The van der Waals surface area contributed by atoms with E-state index in [-0.39, 0.29) is 5.91 Å². The molecule has 0 unspecified atom stereocenters. The van der Waals surface area contributed by atoms with Crippen LogP contribution in [0, 0.1) is 0 Å². The van der Waals surface area contributed by atoms with Crippen LogP contribution in [0.2, 0.25) is 0 Å². The van der Waals surface area contributed by atoms with Gasteiger partial charge in [0.2, 0.25) is 0 Å². The van der Waals surface area contributed by atoms with Crippen molar-refractivity contribution in [1.29, 1.82) is 0 Å². The predicted octanol–water partition coefficient (Wildman–Crippen LogP) is 2.22. The zero-order valence-electron chi connectivity index (χ0n) is 9.29. The van der Waals surface area contributed by atoms with Crippen molar-refractivity contribution in [3.05, 3.63) is 28.5 Å². The quantitative estimate of drug-likeness (QED) is 0.619.